The Balaban J connectivity index is 1.54. The molecular weight excluding hydrogens is 526 g/mol. The summed E-state index contributed by atoms with van der Waals surface area (Å²) in [6.45, 7) is 0. The van der Waals surface area contributed by atoms with Crippen molar-refractivity contribution < 1.29 is 18.4 Å². The molecule has 0 saturated carbocycles. The normalized spacial score (nSPS) is 11.7. The molecule has 2 amide bonds. The summed E-state index contributed by atoms with van der Waals surface area (Å²) in [5.74, 6) is -2.04. The number of aromatic nitrogens is 2. The largest absolute Gasteiger partial charge is 0.355 e. The van der Waals surface area contributed by atoms with Crippen molar-refractivity contribution in [1.82, 2.24) is 20.6 Å². The second kappa shape index (κ2) is 11.9. The summed E-state index contributed by atoms with van der Waals surface area (Å²) in [6.07, 6.45) is 1.69. The van der Waals surface area contributed by atoms with Crippen molar-refractivity contribution in [3.8, 4) is 11.1 Å². The van der Waals surface area contributed by atoms with E-state index < -0.39 is 23.6 Å². The summed E-state index contributed by atoms with van der Waals surface area (Å²) >= 11 is 0. The summed E-state index contributed by atoms with van der Waals surface area (Å²) in [5.41, 5.74) is 2.89. The molecule has 0 spiro atoms. The van der Waals surface area contributed by atoms with Gasteiger partial charge in [-0.05, 0) is 59.5 Å². The number of hydrogen-bond acceptors (Lipinski definition) is 4. The number of para-hydroxylation sites is 1. The molecule has 1 atom stereocenters. The molecule has 2 aromatic heterocycles. The molecular formula is C32H26F2N4O3. The summed E-state index contributed by atoms with van der Waals surface area (Å²) in [6, 6.07) is 21.6. The molecule has 0 saturated heterocycles. The standard InChI is InChI=1S/C32H26F2N4O3/c1-35-32(41)25-16-20(11-12-26(25)34)24-9-5-13-36-31(24)28(15-19-6-4-7-22(33)14-19)38-30(40)18-21-17-29(39)37-27-10-3-2-8-23(21)27/h2-14,16-17,28H,15,18H2,1H3,(H,35,41)(H,37,39)(H,38,40)/t28-/m0/s1. The zero-order valence-corrected chi connectivity index (χ0v) is 22.1. The van der Waals surface area contributed by atoms with Crippen LogP contribution in [0.4, 0.5) is 8.78 Å². The van der Waals surface area contributed by atoms with E-state index in [1.54, 1.807) is 42.6 Å². The molecule has 7 nitrogen and oxygen atoms in total. The predicted molar refractivity (Wildman–Crippen MR) is 152 cm³/mol. The molecule has 3 aromatic carbocycles. The Bertz CT molecular complexity index is 1820. The third kappa shape index (κ3) is 6.19. The Morgan fingerprint density at radius 1 is 0.951 bits per heavy atom. The first-order valence-corrected chi connectivity index (χ1v) is 12.9. The molecule has 0 aliphatic heterocycles. The summed E-state index contributed by atoms with van der Waals surface area (Å²) in [7, 11) is 1.41. The third-order valence-corrected chi connectivity index (χ3v) is 6.77. The van der Waals surface area contributed by atoms with Crippen molar-refractivity contribution in [2.24, 2.45) is 0 Å². The van der Waals surface area contributed by atoms with Crippen LogP contribution in [0.5, 0.6) is 0 Å². The van der Waals surface area contributed by atoms with Crippen LogP contribution in [0.2, 0.25) is 0 Å². The van der Waals surface area contributed by atoms with Crippen LogP contribution in [0.15, 0.2) is 95.9 Å². The zero-order valence-electron chi connectivity index (χ0n) is 22.1. The minimum absolute atomic E-state index is 0.0797. The van der Waals surface area contributed by atoms with Crippen LogP contribution in [-0.4, -0.2) is 28.8 Å². The molecule has 0 fully saturated rings. The molecule has 2 heterocycles. The average molecular weight is 553 g/mol. The number of rotatable bonds is 8. The van der Waals surface area contributed by atoms with Gasteiger partial charge >= 0.3 is 0 Å². The first-order chi connectivity index (χ1) is 19.8. The van der Waals surface area contributed by atoms with Crippen LogP contribution in [-0.2, 0) is 17.6 Å². The monoisotopic (exact) mass is 552 g/mol. The van der Waals surface area contributed by atoms with E-state index in [-0.39, 0.29) is 29.9 Å². The lowest BCUT2D eigenvalue weighted by Gasteiger charge is -2.22. The van der Waals surface area contributed by atoms with E-state index >= 15 is 0 Å². The van der Waals surface area contributed by atoms with Gasteiger partial charge in [-0.3, -0.25) is 19.4 Å². The van der Waals surface area contributed by atoms with E-state index in [0.717, 1.165) is 5.39 Å². The van der Waals surface area contributed by atoms with Gasteiger partial charge in [-0.15, -0.1) is 0 Å². The molecule has 0 bridgehead atoms. The number of nitrogens with one attached hydrogen (secondary N) is 3. The summed E-state index contributed by atoms with van der Waals surface area (Å²) in [5, 5.41) is 6.19. The van der Waals surface area contributed by atoms with E-state index in [0.29, 0.717) is 33.5 Å². The number of pyridine rings is 2. The van der Waals surface area contributed by atoms with Gasteiger partial charge in [0, 0.05) is 35.8 Å². The van der Waals surface area contributed by atoms with Gasteiger partial charge < -0.3 is 15.6 Å². The van der Waals surface area contributed by atoms with Gasteiger partial charge in [0.1, 0.15) is 11.6 Å². The van der Waals surface area contributed by atoms with Crippen molar-refractivity contribution >= 4 is 22.7 Å². The molecule has 3 N–H and O–H groups in total. The van der Waals surface area contributed by atoms with Gasteiger partial charge in [0.25, 0.3) is 5.91 Å². The highest BCUT2D eigenvalue weighted by molar-refractivity contribution is 5.95. The van der Waals surface area contributed by atoms with Crippen LogP contribution in [0.1, 0.15) is 33.2 Å². The molecule has 5 rings (SSSR count). The topological polar surface area (TPSA) is 104 Å². The molecule has 9 heteroatoms. The molecule has 41 heavy (non-hydrogen) atoms. The highest BCUT2D eigenvalue weighted by atomic mass is 19.1. The lowest BCUT2D eigenvalue weighted by molar-refractivity contribution is -0.121. The Labute approximate surface area is 234 Å². The van der Waals surface area contributed by atoms with Gasteiger partial charge in [-0.25, -0.2) is 8.78 Å². The van der Waals surface area contributed by atoms with E-state index in [1.807, 2.05) is 12.1 Å². The third-order valence-electron chi connectivity index (χ3n) is 6.77. The van der Waals surface area contributed by atoms with Crippen LogP contribution in [0, 0.1) is 11.6 Å². The Morgan fingerprint density at radius 2 is 1.78 bits per heavy atom. The van der Waals surface area contributed by atoms with Gasteiger partial charge in [0.2, 0.25) is 11.5 Å². The number of nitrogens with zero attached hydrogens (tertiary/aromatic N) is 1. The van der Waals surface area contributed by atoms with Crippen molar-refractivity contribution in [3.05, 3.63) is 135 Å². The van der Waals surface area contributed by atoms with Crippen LogP contribution >= 0.6 is 0 Å². The highest BCUT2D eigenvalue weighted by Gasteiger charge is 2.23. The van der Waals surface area contributed by atoms with Crippen LogP contribution in [0.3, 0.4) is 0 Å². The first-order valence-electron chi connectivity index (χ1n) is 12.9. The SMILES string of the molecule is CNC(=O)c1cc(-c2cccnc2[C@H](Cc2cccc(F)c2)NC(=O)Cc2cc(=O)[nH]c3ccccc23)ccc1F. The van der Waals surface area contributed by atoms with Gasteiger partial charge in [-0.1, -0.05) is 42.5 Å². The van der Waals surface area contributed by atoms with Crippen molar-refractivity contribution in [2.75, 3.05) is 7.05 Å². The van der Waals surface area contributed by atoms with Gasteiger partial charge in [-0.2, -0.15) is 0 Å². The Kier molecular flexibility index (Phi) is 7.96. The van der Waals surface area contributed by atoms with Crippen LogP contribution < -0.4 is 16.2 Å². The highest BCUT2D eigenvalue weighted by Crippen LogP contribution is 2.30. The maximum Gasteiger partial charge on any atom is 0.254 e. The van der Waals surface area contributed by atoms with E-state index in [4.69, 9.17) is 0 Å². The van der Waals surface area contributed by atoms with E-state index in [2.05, 4.69) is 20.6 Å². The molecule has 0 radical (unpaired) electrons. The fourth-order valence-electron chi connectivity index (χ4n) is 4.90. The number of hydrogen-bond donors (Lipinski definition) is 3. The molecule has 5 aromatic rings. The molecule has 0 aliphatic carbocycles. The minimum atomic E-state index is -0.720. The van der Waals surface area contributed by atoms with Crippen molar-refractivity contribution in [2.45, 2.75) is 18.9 Å². The number of carbonyl (C=O) groups excluding carboxylic acids is 2. The van der Waals surface area contributed by atoms with E-state index in [1.165, 1.54) is 43.4 Å². The summed E-state index contributed by atoms with van der Waals surface area (Å²) in [4.78, 5) is 45.3. The van der Waals surface area contributed by atoms with E-state index in [9.17, 15) is 23.2 Å². The smallest absolute Gasteiger partial charge is 0.254 e. The maximum absolute atomic E-state index is 14.4. The first kappa shape index (κ1) is 27.4. The van der Waals surface area contributed by atoms with Crippen molar-refractivity contribution in [1.29, 1.82) is 0 Å². The number of amides is 2. The molecule has 206 valence electrons. The lowest BCUT2D eigenvalue weighted by Crippen LogP contribution is -2.32. The quantitative estimate of drug-likeness (QED) is 0.256. The number of carbonyl (C=O) groups is 2. The Morgan fingerprint density at radius 3 is 2.59 bits per heavy atom. The molecule has 0 aliphatic rings. The minimum Gasteiger partial charge on any atom is -0.355 e. The van der Waals surface area contributed by atoms with Crippen molar-refractivity contribution in [3.63, 3.8) is 0 Å². The number of halogens is 2. The Hall–Kier alpha value is -5.18. The second-order valence-electron chi connectivity index (χ2n) is 9.55. The number of H-pyrrole nitrogens is 1. The fraction of sp³-hybridized carbons (Fsp3) is 0.125. The van der Waals surface area contributed by atoms with Gasteiger partial charge in [0.15, 0.2) is 0 Å². The zero-order chi connectivity index (χ0) is 28.9. The van der Waals surface area contributed by atoms with Crippen LogP contribution in [0.25, 0.3) is 22.0 Å². The average Bonchev–Trinajstić information content (AvgIpc) is 2.96. The molecule has 0 unspecified atom stereocenters. The summed E-state index contributed by atoms with van der Waals surface area (Å²) < 4.78 is 28.5. The number of aromatic amines is 1. The fourth-order valence-corrected chi connectivity index (χ4v) is 4.90. The maximum atomic E-state index is 14.4. The second-order valence-corrected chi connectivity index (χ2v) is 9.55. The number of benzene rings is 3. The lowest BCUT2D eigenvalue weighted by atomic mass is 9.94. The van der Waals surface area contributed by atoms with Gasteiger partial charge in [0.05, 0.1) is 23.7 Å². The predicted octanol–water partition coefficient (Wildman–Crippen LogP) is 4.87. The number of fused-ring (bicyclic) bond motifs is 1.